The minimum Gasteiger partial charge on any atom is -0.338 e. The van der Waals surface area contributed by atoms with Gasteiger partial charge in [-0.25, -0.2) is 0 Å². The zero-order chi connectivity index (χ0) is 13.3. The second kappa shape index (κ2) is 5.10. The van der Waals surface area contributed by atoms with E-state index in [-0.39, 0.29) is 11.9 Å². The van der Waals surface area contributed by atoms with Gasteiger partial charge in [0.2, 0.25) is 5.91 Å². The molecule has 5 nitrogen and oxygen atoms in total. The van der Waals surface area contributed by atoms with Crippen molar-refractivity contribution in [3.05, 3.63) is 18.0 Å². The Morgan fingerprint density at radius 1 is 1.61 bits per heavy atom. The van der Waals surface area contributed by atoms with Crippen LogP contribution in [0.1, 0.15) is 38.3 Å². The molecule has 1 aromatic heterocycles. The van der Waals surface area contributed by atoms with Crippen LogP contribution in [0, 0.1) is 5.92 Å². The van der Waals surface area contributed by atoms with Gasteiger partial charge in [0.05, 0.1) is 6.20 Å². The van der Waals surface area contributed by atoms with Crippen molar-refractivity contribution in [3.8, 4) is 0 Å². The Morgan fingerprint density at radius 2 is 2.28 bits per heavy atom. The molecule has 2 N–H and O–H groups in total. The molecule has 1 saturated carbocycles. The zero-order valence-corrected chi connectivity index (χ0v) is 11.3. The highest BCUT2D eigenvalue weighted by atomic mass is 16.2. The van der Waals surface area contributed by atoms with Crippen molar-refractivity contribution in [2.75, 3.05) is 6.54 Å². The fraction of sp³-hybridized carbons (Fsp3) is 0.692. The summed E-state index contributed by atoms with van der Waals surface area (Å²) in [4.78, 5) is 14.3. The normalized spacial score (nSPS) is 16.9. The van der Waals surface area contributed by atoms with E-state index in [1.807, 2.05) is 25.8 Å². The summed E-state index contributed by atoms with van der Waals surface area (Å²) in [6.45, 7) is 4.91. The third-order valence-electron chi connectivity index (χ3n) is 3.41. The van der Waals surface area contributed by atoms with Crippen LogP contribution >= 0.6 is 0 Å². The minimum atomic E-state index is -0.597. The van der Waals surface area contributed by atoms with Crippen molar-refractivity contribution in [3.63, 3.8) is 0 Å². The third kappa shape index (κ3) is 2.90. The molecule has 100 valence electrons. The lowest BCUT2D eigenvalue weighted by Crippen LogP contribution is -2.43. The number of hydrogen-bond acceptors (Lipinski definition) is 3. The van der Waals surface area contributed by atoms with E-state index in [1.165, 1.54) is 12.8 Å². The molecule has 1 unspecified atom stereocenters. The van der Waals surface area contributed by atoms with Gasteiger partial charge in [-0.05, 0) is 32.6 Å². The van der Waals surface area contributed by atoms with Crippen LogP contribution in [-0.4, -0.2) is 33.2 Å². The summed E-state index contributed by atoms with van der Waals surface area (Å²) in [5.74, 6) is 0.683. The molecule has 1 aromatic rings. The fourth-order valence-electron chi connectivity index (χ4n) is 2.06. The van der Waals surface area contributed by atoms with E-state index in [0.717, 1.165) is 12.1 Å². The van der Waals surface area contributed by atoms with Gasteiger partial charge in [0.15, 0.2) is 0 Å². The first-order valence-electron chi connectivity index (χ1n) is 6.53. The first kappa shape index (κ1) is 13.1. The Kier molecular flexibility index (Phi) is 3.71. The Labute approximate surface area is 108 Å². The molecule has 1 atom stereocenters. The largest absolute Gasteiger partial charge is 0.338 e. The van der Waals surface area contributed by atoms with Crippen molar-refractivity contribution in [1.29, 1.82) is 0 Å². The van der Waals surface area contributed by atoms with Gasteiger partial charge in [-0.15, -0.1) is 0 Å². The van der Waals surface area contributed by atoms with E-state index in [4.69, 9.17) is 5.73 Å². The summed E-state index contributed by atoms with van der Waals surface area (Å²) >= 11 is 0. The molecule has 0 aliphatic heterocycles. The van der Waals surface area contributed by atoms with Crippen LogP contribution in [0.25, 0.3) is 0 Å². The number of hydrogen-bond donors (Lipinski definition) is 1. The van der Waals surface area contributed by atoms with E-state index in [1.54, 1.807) is 17.1 Å². The number of carbonyl (C=O) groups is 1. The van der Waals surface area contributed by atoms with Gasteiger partial charge in [-0.3, -0.25) is 9.48 Å². The molecular weight excluding hydrogens is 228 g/mol. The van der Waals surface area contributed by atoms with Crippen molar-refractivity contribution in [2.45, 2.75) is 38.8 Å². The van der Waals surface area contributed by atoms with E-state index >= 15 is 0 Å². The van der Waals surface area contributed by atoms with E-state index in [2.05, 4.69) is 5.10 Å². The average Bonchev–Trinajstić information content (AvgIpc) is 3.04. The molecule has 1 aliphatic rings. The van der Waals surface area contributed by atoms with Crippen molar-refractivity contribution in [2.24, 2.45) is 18.7 Å². The Balaban J connectivity index is 2.06. The molecule has 1 fully saturated rings. The maximum absolute atomic E-state index is 12.4. The maximum Gasteiger partial charge on any atom is 0.244 e. The monoisotopic (exact) mass is 250 g/mol. The van der Waals surface area contributed by atoms with Crippen LogP contribution in [0.2, 0.25) is 0 Å². The molecule has 0 bridgehead atoms. The van der Waals surface area contributed by atoms with Crippen LogP contribution in [0.15, 0.2) is 12.4 Å². The molecule has 1 aliphatic carbocycles. The van der Waals surface area contributed by atoms with Crippen LogP contribution in [-0.2, 0) is 11.8 Å². The maximum atomic E-state index is 12.4. The number of amides is 1. The first-order chi connectivity index (χ1) is 8.49. The van der Waals surface area contributed by atoms with Gasteiger partial charge in [0, 0.05) is 31.4 Å². The molecule has 0 spiro atoms. The smallest absolute Gasteiger partial charge is 0.244 e. The standard InChI is InChI=1S/C13H22N4O/c1-9(2)17(7-10-4-5-10)13(18)12(14)11-6-15-16(3)8-11/h6,8-10,12H,4-5,7,14H2,1-3H3. The second-order valence-electron chi connectivity index (χ2n) is 5.45. The summed E-state index contributed by atoms with van der Waals surface area (Å²) in [6.07, 6.45) is 5.94. The molecule has 0 radical (unpaired) electrons. The zero-order valence-electron chi connectivity index (χ0n) is 11.3. The van der Waals surface area contributed by atoms with Crippen LogP contribution < -0.4 is 5.73 Å². The Morgan fingerprint density at radius 3 is 2.72 bits per heavy atom. The summed E-state index contributed by atoms with van der Waals surface area (Å²) in [6, 6.07) is -0.402. The molecule has 0 aromatic carbocycles. The highest BCUT2D eigenvalue weighted by molar-refractivity contribution is 5.83. The highest BCUT2D eigenvalue weighted by Crippen LogP contribution is 2.31. The fourth-order valence-corrected chi connectivity index (χ4v) is 2.06. The van der Waals surface area contributed by atoms with Crippen molar-refractivity contribution >= 4 is 5.91 Å². The lowest BCUT2D eigenvalue weighted by molar-refractivity contribution is -0.134. The molecule has 2 rings (SSSR count). The number of carbonyl (C=O) groups excluding carboxylic acids is 1. The molecule has 1 amide bonds. The number of nitrogens with two attached hydrogens (primary N) is 1. The molecule has 5 heteroatoms. The molecule has 1 heterocycles. The molecule has 0 saturated heterocycles. The van der Waals surface area contributed by atoms with E-state index in [0.29, 0.717) is 5.92 Å². The van der Waals surface area contributed by atoms with E-state index in [9.17, 15) is 4.79 Å². The van der Waals surface area contributed by atoms with E-state index < -0.39 is 6.04 Å². The number of aryl methyl sites for hydroxylation is 1. The van der Waals surface area contributed by atoms with Gasteiger partial charge < -0.3 is 10.6 Å². The summed E-state index contributed by atoms with van der Waals surface area (Å²) < 4.78 is 1.67. The van der Waals surface area contributed by atoms with Gasteiger partial charge in [0.1, 0.15) is 6.04 Å². The first-order valence-corrected chi connectivity index (χ1v) is 6.53. The quantitative estimate of drug-likeness (QED) is 0.850. The predicted molar refractivity (Wildman–Crippen MR) is 69.7 cm³/mol. The van der Waals surface area contributed by atoms with Gasteiger partial charge in [0.25, 0.3) is 0 Å². The lowest BCUT2D eigenvalue weighted by Gasteiger charge is -2.29. The SMILES string of the molecule is CC(C)N(CC1CC1)C(=O)C(N)c1cnn(C)c1. The van der Waals surface area contributed by atoms with Crippen LogP contribution in [0.5, 0.6) is 0 Å². The van der Waals surface area contributed by atoms with Crippen molar-refractivity contribution in [1.82, 2.24) is 14.7 Å². The van der Waals surface area contributed by atoms with Gasteiger partial charge in [-0.2, -0.15) is 5.10 Å². The number of rotatable bonds is 5. The molecular formula is C13H22N4O. The second-order valence-corrected chi connectivity index (χ2v) is 5.45. The Hall–Kier alpha value is -1.36. The third-order valence-corrected chi connectivity index (χ3v) is 3.41. The summed E-state index contributed by atoms with van der Waals surface area (Å²) in [7, 11) is 1.82. The van der Waals surface area contributed by atoms with Gasteiger partial charge >= 0.3 is 0 Å². The number of aromatic nitrogens is 2. The highest BCUT2D eigenvalue weighted by Gasteiger charge is 2.31. The predicted octanol–water partition coefficient (Wildman–Crippen LogP) is 1.07. The van der Waals surface area contributed by atoms with Gasteiger partial charge in [-0.1, -0.05) is 0 Å². The molecule has 18 heavy (non-hydrogen) atoms. The summed E-state index contributed by atoms with van der Waals surface area (Å²) in [5.41, 5.74) is 6.82. The van der Waals surface area contributed by atoms with Crippen LogP contribution in [0.3, 0.4) is 0 Å². The lowest BCUT2D eigenvalue weighted by atomic mass is 10.1. The summed E-state index contributed by atoms with van der Waals surface area (Å²) in [5, 5.41) is 4.06. The topological polar surface area (TPSA) is 64.2 Å². The van der Waals surface area contributed by atoms with Crippen molar-refractivity contribution < 1.29 is 4.79 Å². The number of nitrogens with zero attached hydrogens (tertiary/aromatic N) is 3. The Bertz CT molecular complexity index is 422. The minimum absolute atomic E-state index is 0.00454. The van der Waals surface area contributed by atoms with Crippen LogP contribution in [0.4, 0.5) is 0 Å². The average molecular weight is 250 g/mol.